The number of hydrogen-bond donors (Lipinski definition) is 1. The number of carbonyl (C=O) groups is 1. The first kappa shape index (κ1) is 12.0. The van der Waals surface area contributed by atoms with Crippen LogP contribution in [0.5, 0.6) is 5.75 Å². The number of carboxylic acid groups (broad SMARTS) is 1. The summed E-state index contributed by atoms with van der Waals surface area (Å²) in [5.74, 6) is 0.837. The third kappa shape index (κ3) is 2.44. The molecule has 1 N–H and O–H groups in total. The fraction of sp³-hybridized carbons (Fsp3) is 0.417. The molecule has 5 heteroatoms. The van der Waals surface area contributed by atoms with Gasteiger partial charge < -0.3 is 9.84 Å². The van der Waals surface area contributed by atoms with E-state index in [1.54, 1.807) is 11.3 Å². The van der Waals surface area contributed by atoms with Crippen LogP contribution >= 0.6 is 11.3 Å². The molecule has 1 atom stereocenters. The number of allylic oxidation sites excluding steroid dienone is 1. The Balaban J connectivity index is 2.35. The summed E-state index contributed by atoms with van der Waals surface area (Å²) in [7, 11) is 0. The summed E-state index contributed by atoms with van der Waals surface area (Å²) in [5, 5.41) is 11.1. The molecular weight excluding hydrogens is 238 g/mol. The summed E-state index contributed by atoms with van der Waals surface area (Å²) >= 11 is 1.55. The van der Waals surface area contributed by atoms with Gasteiger partial charge in [0.15, 0.2) is 0 Å². The van der Waals surface area contributed by atoms with Gasteiger partial charge >= 0.3 is 6.09 Å². The van der Waals surface area contributed by atoms with Crippen LogP contribution < -0.4 is 4.74 Å². The fourth-order valence-corrected chi connectivity index (χ4v) is 2.83. The van der Waals surface area contributed by atoms with Crippen LogP contribution in [0.1, 0.15) is 24.3 Å². The van der Waals surface area contributed by atoms with Crippen molar-refractivity contribution in [3.8, 4) is 5.75 Å². The molecule has 17 heavy (non-hydrogen) atoms. The van der Waals surface area contributed by atoms with Gasteiger partial charge in [0, 0.05) is 10.9 Å². The number of amides is 1. The summed E-state index contributed by atoms with van der Waals surface area (Å²) < 4.78 is 5.82. The van der Waals surface area contributed by atoms with Crippen LogP contribution in [0.25, 0.3) is 6.08 Å². The van der Waals surface area contributed by atoms with Crippen LogP contribution in [-0.2, 0) is 6.54 Å². The summed E-state index contributed by atoms with van der Waals surface area (Å²) in [5.41, 5.74) is 1.03. The van der Waals surface area contributed by atoms with Crippen LogP contribution in [0.2, 0.25) is 0 Å². The van der Waals surface area contributed by atoms with Crippen molar-refractivity contribution < 1.29 is 14.6 Å². The van der Waals surface area contributed by atoms with Crippen LogP contribution in [0.3, 0.4) is 0 Å². The molecule has 0 unspecified atom stereocenters. The topological polar surface area (TPSA) is 49.8 Å². The van der Waals surface area contributed by atoms with Crippen molar-refractivity contribution in [2.45, 2.75) is 26.5 Å². The Kier molecular flexibility index (Phi) is 3.38. The third-order valence-electron chi connectivity index (χ3n) is 2.59. The second-order valence-electron chi connectivity index (χ2n) is 4.03. The zero-order chi connectivity index (χ0) is 12.4. The minimum absolute atomic E-state index is 0.119. The predicted octanol–water partition coefficient (Wildman–Crippen LogP) is 3.04. The molecule has 0 saturated heterocycles. The van der Waals surface area contributed by atoms with E-state index in [0.717, 1.165) is 16.2 Å². The SMILES string of the molecule is C/C=C\c1csc2c1O[C@@H](C)CN(C(=O)O)C2. The number of ether oxygens (including phenoxy) is 1. The maximum Gasteiger partial charge on any atom is 0.407 e. The van der Waals surface area contributed by atoms with Gasteiger partial charge in [0.05, 0.1) is 18.0 Å². The van der Waals surface area contributed by atoms with E-state index in [2.05, 4.69) is 0 Å². The second kappa shape index (κ2) is 4.79. The first-order valence-corrected chi connectivity index (χ1v) is 6.37. The van der Waals surface area contributed by atoms with Crippen molar-refractivity contribution in [3.63, 3.8) is 0 Å². The second-order valence-corrected chi connectivity index (χ2v) is 5.00. The number of fused-ring (bicyclic) bond motifs is 1. The largest absolute Gasteiger partial charge is 0.487 e. The molecule has 2 heterocycles. The molecule has 2 rings (SSSR count). The number of nitrogens with zero attached hydrogens (tertiary/aromatic N) is 1. The Hall–Kier alpha value is -1.49. The van der Waals surface area contributed by atoms with E-state index in [9.17, 15) is 4.79 Å². The summed E-state index contributed by atoms with van der Waals surface area (Å²) in [6, 6.07) is 0. The number of rotatable bonds is 1. The Morgan fingerprint density at radius 1 is 1.71 bits per heavy atom. The van der Waals surface area contributed by atoms with Gasteiger partial charge in [-0.05, 0) is 13.8 Å². The van der Waals surface area contributed by atoms with Crippen LogP contribution in [0.15, 0.2) is 11.5 Å². The lowest BCUT2D eigenvalue weighted by molar-refractivity contribution is 0.121. The molecule has 0 spiro atoms. The average Bonchev–Trinajstić information content (AvgIpc) is 2.54. The standard InChI is InChI=1S/C12H15NO3S/c1-3-4-9-7-17-10-6-13(12(14)15)5-8(2)16-11(9)10/h3-4,7-8H,5-6H2,1-2H3,(H,14,15)/b4-3-/t8-/m0/s1. The zero-order valence-corrected chi connectivity index (χ0v) is 10.7. The Morgan fingerprint density at radius 3 is 3.12 bits per heavy atom. The van der Waals surface area contributed by atoms with Crippen molar-refractivity contribution in [3.05, 3.63) is 21.9 Å². The molecule has 0 aromatic carbocycles. The first-order chi connectivity index (χ1) is 8.11. The Labute approximate surface area is 104 Å². The molecule has 1 aliphatic heterocycles. The van der Waals surface area contributed by atoms with Crippen LogP contribution in [-0.4, -0.2) is 28.7 Å². The fourth-order valence-electron chi connectivity index (χ4n) is 1.87. The van der Waals surface area contributed by atoms with Gasteiger partial charge in [-0.25, -0.2) is 4.79 Å². The van der Waals surface area contributed by atoms with Crippen molar-refractivity contribution >= 4 is 23.5 Å². The van der Waals surface area contributed by atoms with Gasteiger partial charge in [-0.3, -0.25) is 4.90 Å². The van der Waals surface area contributed by atoms with Gasteiger partial charge in [-0.1, -0.05) is 12.2 Å². The third-order valence-corrected chi connectivity index (χ3v) is 3.56. The lowest BCUT2D eigenvalue weighted by atomic mass is 10.2. The highest BCUT2D eigenvalue weighted by atomic mass is 32.1. The summed E-state index contributed by atoms with van der Waals surface area (Å²) in [6.45, 7) is 4.67. The van der Waals surface area contributed by atoms with Gasteiger partial charge in [-0.15, -0.1) is 11.3 Å². The van der Waals surface area contributed by atoms with Crippen LogP contribution in [0.4, 0.5) is 4.79 Å². The molecule has 1 aliphatic rings. The summed E-state index contributed by atoms with van der Waals surface area (Å²) in [4.78, 5) is 13.4. The van der Waals surface area contributed by atoms with E-state index in [1.807, 2.05) is 31.4 Å². The van der Waals surface area contributed by atoms with Crippen LogP contribution in [0, 0.1) is 0 Å². The summed E-state index contributed by atoms with van der Waals surface area (Å²) in [6.07, 6.45) is 2.93. The van der Waals surface area contributed by atoms with Crippen molar-refractivity contribution in [2.24, 2.45) is 0 Å². The highest BCUT2D eigenvalue weighted by Gasteiger charge is 2.25. The molecule has 1 aromatic heterocycles. The minimum Gasteiger partial charge on any atom is -0.487 e. The molecule has 0 radical (unpaired) electrons. The smallest absolute Gasteiger partial charge is 0.407 e. The van der Waals surface area contributed by atoms with Crippen molar-refractivity contribution in [1.82, 2.24) is 4.90 Å². The number of hydrogen-bond acceptors (Lipinski definition) is 3. The van der Waals surface area contributed by atoms with Gasteiger partial charge in [0.1, 0.15) is 11.9 Å². The van der Waals surface area contributed by atoms with E-state index in [4.69, 9.17) is 9.84 Å². The van der Waals surface area contributed by atoms with E-state index in [1.165, 1.54) is 4.90 Å². The molecule has 0 saturated carbocycles. The maximum atomic E-state index is 11.1. The first-order valence-electron chi connectivity index (χ1n) is 5.49. The normalized spacial score (nSPS) is 19.9. The quantitative estimate of drug-likeness (QED) is 0.837. The Morgan fingerprint density at radius 2 is 2.47 bits per heavy atom. The molecular formula is C12H15NO3S. The lowest BCUT2D eigenvalue weighted by Gasteiger charge is -2.18. The maximum absolute atomic E-state index is 11.1. The lowest BCUT2D eigenvalue weighted by Crippen LogP contribution is -2.34. The molecule has 0 aliphatic carbocycles. The van der Waals surface area contributed by atoms with Gasteiger partial charge in [-0.2, -0.15) is 0 Å². The van der Waals surface area contributed by atoms with Gasteiger partial charge in [0.2, 0.25) is 0 Å². The van der Waals surface area contributed by atoms with E-state index >= 15 is 0 Å². The molecule has 0 fully saturated rings. The Bertz CT molecular complexity index is 453. The highest BCUT2D eigenvalue weighted by molar-refractivity contribution is 7.10. The van der Waals surface area contributed by atoms with E-state index in [-0.39, 0.29) is 6.10 Å². The minimum atomic E-state index is -0.894. The zero-order valence-electron chi connectivity index (χ0n) is 9.84. The predicted molar refractivity (Wildman–Crippen MR) is 67.6 cm³/mol. The average molecular weight is 253 g/mol. The van der Waals surface area contributed by atoms with Crippen molar-refractivity contribution in [1.29, 1.82) is 0 Å². The monoisotopic (exact) mass is 253 g/mol. The van der Waals surface area contributed by atoms with E-state index < -0.39 is 6.09 Å². The van der Waals surface area contributed by atoms with Gasteiger partial charge in [0.25, 0.3) is 0 Å². The highest BCUT2D eigenvalue weighted by Crippen LogP contribution is 2.35. The molecule has 4 nitrogen and oxygen atoms in total. The molecule has 1 amide bonds. The molecule has 0 bridgehead atoms. The molecule has 1 aromatic rings. The molecule has 92 valence electrons. The van der Waals surface area contributed by atoms with Crippen molar-refractivity contribution in [2.75, 3.05) is 6.54 Å². The van der Waals surface area contributed by atoms with E-state index in [0.29, 0.717) is 13.1 Å². The number of thiophene rings is 1.